The predicted molar refractivity (Wildman–Crippen MR) is 38.4 cm³/mol. The fraction of sp³-hybridized carbons (Fsp3) is 0.200. The second-order valence-electron chi connectivity index (χ2n) is 1.88. The molecule has 0 saturated carbocycles. The second kappa shape index (κ2) is 2.89. The third kappa shape index (κ3) is 1.33. The summed E-state index contributed by atoms with van der Waals surface area (Å²) in [6.45, 7) is -0.414. The molecule has 0 saturated heterocycles. The Kier molecular flexibility index (Phi) is 2.11. The third-order valence-corrected chi connectivity index (χ3v) is 1.51. The molecule has 6 heteroatoms. The van der Waals surface area contributed by atoms with E-state index >= 15 is 0 Å². The lowest BCUT2D eigenvalue weighted by molar-refractivity contribution is -0.385. The molecule has 0 fully saturated rings. The summed E-state index contributed by atoms with van der Waals surface area (Å²) < 4.78 is 0. The number of hydrogen-bond donors (Lipinski definition) is 2. The predicted octanol–water partition coefficient (Wildman–Crippen LogP) is 1.07. The number of nitrogens with zero attached hydrogens (tertiary/aromatic N) is 1. The van der Waals surface area contributed by atoms with Gasteiger partial charge in [0.1, 0.15) is 10.7 Å². The van der Waals surface area contributed by atoms with Crippen molar-refractivity contribution in [1.82, 2.24) is 4.98 Å². The molecule has 1 rings (SSSR count). The Morgan fingerprint density at radius 3 is 2.82 bits per heavy atom. The van der Waals surface area contributed by atoms with Gasteiger partial charge in [0.15, 0.2) is 0 Å². The molecule has 0 atom stereocenters. The van der Waals surface area contributed by atoms with Crippen LogP contribution in [0.25, 0.3) is 0 Å². The van der Waals surface area contributed by atoms with Crippen LogP contribution in [0.2, 0.25) is 5.02 Å². The summed E-state index contributed by atoms with van der Waals surface area (Å²) in [5, 5.41) is 18.9. The number of hydrogen-bond acceptors (Lipinski definition) is 3. The molecule has 11 heavy (non-hydrogen) atoms. The first-order valence-corrected chi connectivity index (χ1v) is 3.15. The smallest absolute Gasteiger partial charge is 0.310 e. The Balaban J connectivity index is 3.17. The largest absolute Gasteiger partial charge is 0.390 e. The number of H-pyrrole nitrogens is 1. The van der Waals surface area contributed by atoms with Gasteiger partial charge in [0.25, 0.3) is 0 Å². The van der Waals surface area contributed by atoms with E-state index < -0.39 is 11.5 Å². The van der Waals surface area contributed by atoms with Crippen molar-refractivity contribution in [3.05, 3.63) is 27.0 Å². The van der Waals surface area contributed by atoms with Gasteiger partial charge in [0, 0.05) is 6.20 Å². The SMILES string of the molecule is O=[N+]([O-])c1c(Cl)c[nH]c1CO. The Hall–Kier alpha value is -1.07. The zero-order chi connectivity index (χ0) is 8.43. The first-order valence-electron chi connectivity index (χ1n) is 2.77. The van der Waals surface area contributed by atoms with Gasteiger partial charge in [0.2, 0.25) is 0 Å². The minimum atomic E-state index is -0.635. The lowest BCUT2D eigenvalue weighted by Crippen LogP contribution is -1.92. The summed E-state index contributed by atoms with van der Waals surface area (Å²) >= 11 is 5.43. The minimum absolute atomic E-state index is 0.0130. The Morgan fingerprint density at radius 2 is 2.45 bits per heavy atom. The average molecular weight is 177 g/mol. The topological polar surface area (TPSA) is 79.2 Å². The average Bonchev–Trinajstić information content (AvgIpc) is 2.30. The van der Waals surface area contributed by atoms with E-state index in [2.05, 4.69) is 4.98 Å². The molecular weight excluding hydrogens is 172 g/mol. The maximum Gasteiger partial charge on any atom is 0.310 e. The van der Waals surface area contributed by atoms with E-state index in [-0.39, 0.29) is 16.4 Å². The lowest BCUT2D eigenvalue weighted by Gasteiger charge is -1.90. The van der Waals surface area contributed by atoms with Gasteiger partial charge in [0.05, 0.1) is 11.5 Å². The monoisotopic (exact) mass is 176 g/mol. The van der Waals surface area contributed by atoms with E-state index in [9.17, 15) is 10.1 Å². The first-order chi connectivity index (χ1) is 5.16. The molecule has 0 bridgehead atoms. The third-order valence-electron chi connectivity index (χ3n) is 1.23. The summed E-state index contributed by atoms with van der Waals surface area (Å²) in [6, 6.07) is 0. The van der Waals surface area contributed by atoms with E-state index in [4.69, 9.17) is 16.7 Å². The maximum atomic E-state index is 10.3. The van der Waals surface area contributed by atoms with Crippen molar-refractivity contribution in [2.45, 2.75) is 6.61 Å². The fourth-order valence-electron chi connectivity index (χ4n) is 0.749. The molecule has 0 unspecified atom stereocenters. The van der Waals surface area contributed by atoms with Crippen LogP contribution in [0.3, 0.4) is 0 Å². The summed E-state index contributed by atoms with van der Waals surface area (Å²) in [7, 11) is 0. The summed E-state index contributed by atoms with van der Waals surface area (Å²) in [5.41, 5.74) is -0.130. The van der Waals surface area contributed by atoms with Crippen molar-refractivity contribution >= 4 is 17.3 Å². The summed E-state index contributed by atoms with van der Waals surface area (Å²) in [5.74, 6) is 0. The van der Waals surface area contributed by atoms with Crippen LogP contribution in [0.5, 0.6) is 0 Å². The Bertz CT molecular complexity index is 283. The molecule has 1 heterocycles. The zero-order valence-corrected chi connectivity index (χ0v) is 6.13. The van der Waals surface area contributed by atoms with Crippen molar-refractivity contribution in [2.75, 3.05) is 0 Å². The van der Waals surface area contributed by atoms with Gasteiger partial charge in [-0.3, -0.25) is 10.1 Å². The highest BCUT2D eigenvalue weighted by Crippen LogP contribution is 2.27. The summed E-state index contributed by atoms with van der Waals surface area (Å²) in [6.07, 6.45) is 1.27. The van der Waals surface area contributed by atoms with Gasteiger partial charge in [-0.25, -0.2) is 0 Å². The van der Waals surface area contributed by atoms with Gasteiger partial charge in [-0.2, -0.15) is 0 Å². The van der Waals surface area contributed by atoms with E-state index in [1.807, 2.05) is 0 Å². The van der Waals surface area contributed by atoms with Crippen molar-refractivity contribution in [2.24, 2.45) is 0 Å². The van der Waals surface area contributed by atoms with Crippen LogP contribution in [0, 0.1) is 10.1 Å². The van der Waals surface area contributed by atoms with Crippen LogP contribution in [-0.4, -0.2) is 15.0 Å². The molecule has 0 radical (unpaired) electrons. The lowest BCUT2D eigenvalue weighted by atomic mass is 10.4. The molecule has 0 spiro atoms. The molecule has 0 aromatic carbocycles. The normalized spacial score (nSPS) is 10.0. The molecule has 0 amide bonds. The Morgan fingerprint density at radius 1 is 1.82 bits per heavy atom. The molecule has 0 aliphatic heterocycles. The van der Waals surface area contributed by atoms with Gasteiger partial charge >= 0.3 is 5.69 Å². The molecule has 1 aromatic rings. The van der Waals surface area contributed by atoms with Crippen LogP contribution < -0.4 is 0 Å². The molecule has 60 valence electrons. The van der Waals surface area contributed by atoms with Crippen LogP contribution in [-0.2, 0) is 6.61 Å². The van der Waals surface area contributed by atoms with Crippen molar-refractivity contribution in [3.63, 3.8) is 0 Å². The van der Waals surface area contributed by atoms with Gasteiger partial charge in [-0.05, 0) is 0 Å². The quantitative estimate of drug-likeness (QED) is 0.523. The number of aliphatic hydroxyl groups is 1. The van der Waals surface area contributed by atoms with Crippen molar-refractivity contribution < 1.29 is 10.0 Å². The molecule has 0 aliphatic rings. The van der Waals surface area contributed by atoms with E-state index in [0.29, 0.717) is 0 Å². The molecule has 2 N–H and O–H groups in total. The van der Waals surface area contributed by atoms with Crippen LogP contribution in [0.1, 0.15) is 5.69 Å². The van der Waals surface area contributed by atoms with Crippen LogP contribution in [0.4, 0.5) is 5.69 Å². The minimum Gasteiger partial charge on any atom is -0.390 e. The number of nitrogens with one attached hydrogen (secondary N) is 1. The number of halogens is 1. The fourth-order valence-corrected chi connectivity index (χ4v) is 0.987. The highest BCUT2D eigenvalue weighted by atomic mass is 35.5. The van der Waals surface area contributed by atoms with Gasteiger partial charge in [-0.15, -0.1) is 0 Å². The Labute approximate surface area is 66.8 Å². The number of aromatic amines is 1. The van der Waals surface area contributed by atoms with E-state index in [1.165, 1.54) is 6.20 Å². The number of aliphatic hydroxyl groups excluding tert-OH is 1. The molecular formula is C5H5ClN2O3. The molecule has 5 nitrogen and oxygen atoms in total. The van der Waals surface area contributed by atoms with Crippen LogP contribution in [0.15, 0.2) is 6.20 Å². The zero-order valence-electron chi connectivity index (χ0n) is 5.37. The summed E-state index contributed by atoms with van der Waals surface area (Å²) in [4.78, 5) is 12.1. The highest BCUT2D eigenvalue weighted by molar-refractivity contribution is 6.32. The standard InChI is InChI=1S/C5H5ClN2O3/c6-3-1-7-4(2-9)5(3)8(10)11/h1,7,9H,2H2. The highest BCUT2D eigenvalue weighted by Gasteiger charge is 2.19. The van der Waals surface area contributed by atoms with Crippen molar-refractivity contribution in [1.29, 1.82) is 0 Å². The van der Waals surface area contributed by atoms with Crippen LogP contribution >= 0.6 is 11.6 Å². The molecule has 0 aliphatic carbocycles. The number of nitro groups is 1. The van der Waals surface area contributed by atoms with Crippen molar-refractivity contribution in [3.8, 4) is 0 Å². The van der Waals surface area contributed by atoms with Gasteiger partial charge < -0.3 is 10.1 Å². The molecule has 1 aromatic heterocycles. The number of rotatable bonds is 2. The second-order valence-corrected chi connectivity index (χ2v) is 2.29. The first kappa shape index (κ1) is 8.03. The van der Waals surface area contributed by atoms with Gasteiger partial charge in [-0.1, -0.05) is 11.6 Å². The van der Waals surface area contributed by atoms with E-state index in [0.717, 1.165) is 0 Å². The number of aromatic nitrogens is 1. The van der Waals surface area contributed by atoms with E-state index in [1.54, 1.807) is 0 Å². The maximum absolute atomic E-state index is 10.3.